The minimum atomic E-state index is -3.41. The van der Waals surface area contributed by atoms with Crippen molar-refractivity contribution in [2.45, 2.75) is 20.0 Å². The van der Waals surface area contributed by atoms with Gasteiger partial charge in [0.25, 0.3) is 0 Å². The van der Waals surface area contributed by atoms with E-state index in [-0.39, 0.29) is 36.5 Å². The van der Waals surface area contributed by atoms with Gasteiger partial charge in [-0.3, -0.25) is 9.36 Å². The van der Waals surface area contributed by atoms with Crippen molar-refractivity contribution in [2.75, 3.05) is 20.3 Å². The minimum Gasteiger partial charge on any atom is -0.463 e. The average Bonchev–Trinajstić information content (AvgIpc) is 2.80. The summed E-state index contributed by atoms with van der Waals surface area (Å²) in [6, 6.07) is 1.23. The van der Waals surface area contributed by atoms with Crippen LogP contribution in [0.4, 0.5) is 0 Å². The second-order valence-corrected chi connectivity index (χ2v) is 5.76. The van der Waals surface area contributed by atoms with Crippen LogP contribution in [-0.2, 0) is 24.5 Å². The Kier molecular flexibility index (Phi) is 6.13. The summed E-state index contributed by atoms with van der Waals surface area (Å²) in [7, 11) is -2.22. The van der Waals surface area contributed by atoms with Gasteiger partial charge >= 0.3 is 13.6 Å². The van der Waals surface area contributed by atoms with Crippen LogP contribution >= 0.6 is 7.60 Å². The molecule has 1 aromatic heterocycles. The van der Waals surface area contributed by atoms with E-state index in [1.807, 2.05) is 0 Å². The van der Waals surface area contributed by atoms with Gasteiger partial charge in [-0.2, -0.15) is 0 Å². The molecule has 0 radical (unpaired) electrons. The second-order valence-electron chi connectivity index (χ2n) is 3.70. The molecule has 20 heavy (non-hydrogen) atoms. The molecule has 7 nitrogen and oxygen atoms in total. The lowest BCUT2D eigenvalue weighted by molar-refractivity contribution is 0.0563. The van der Waals surface area contributed by atoms with Crippen LogP contribution in [0.15, 0.2) is 10.5 Å². The van der Waals surface area contributed by atoms with E-state index in [9.17, 15) is 14.2 Å². The largest absolute Gasteiger partial charge is 0.463 e. The highest BCUT2D eigenvalue weighted by atomic mass is 31.2. The van der Waals surface area contributed by atoms with Crippen LogP contribution in [0.3, 0.4) is 0 Å². The first-order valence-corrected chi connectivity index (χ1v) is 7.76. The summed E-state index contributed by atoms with van der Waals surface area (Å²) >= 11 is 0. The van der Waals surface area contributed by atoms with Crippen molar-refractivity contribution >= 4 is 19.9 Å². The molecular formula is C12H17O7P. The summed E-state index contributed by atoms with van der Waals surface area (Å²) in [5.41, 5.74) is 0.116. The lowest BCUT2D eigenvalue weighted by atomic mass is 10.3. The van der Waals surface area contributed by atoms with Crippen molar-refractivity contribution in [3.8, 4) is 0 Å². The first kappa shape index (κ1) is 16.6. The fourth-order valence-electron chi connectivity index (χ4n) is 1.57. The number of aldehydes is 1. The molecule has 0 saturated carbocycles. The van der Waals surface area contributed by atoms with Crippen LogP contribution in [0.25, 0.3) is 0 Å². The fraction of sp³-hybridized carbons (Fsp3) is 0.500. The molecule has 0 amide bonds. The molecule has 0 saturated heterocycles. The van der Waals surface area contributed by atoms with E-state index in [1.54, 1.807) is 13.8 Å². The van der Waals surface area contributed by atoms with Gasteiger partial charge in [0.05, 0.1) is 25.9 Å². The van der Waals surface area contributed by atoms with Crippen molar-refractivity contribution in [1.29, 1.82) is 0 Å². The molecule has 0 spiro atoms. The van der Waals surface area contributed by atoms with Crippen LogP contribution in [0.5, 0.6) is 0 Å². The number of carbonyl (C=O) groups is 2. The van der Waals surface area contributed by atoms with Gasteiger partial charge in [-0.15, -0.1) is 0 Å². The van der Waals surface area contributed by atoms with Crippen molar-refractivity contribution in [3.05, 3.63) is 23.2 Å². The van der Waals surface area contributed by atoms with Gasteiger partial charge in [0.1, 0.15) is 11.9 Å². The molecule has 1 heterocycles. The number of rotatable bonds is 8. The van der Waals surface area contributed by atoms with Crippen LogP contribution < -0.4 is 0 Å². The minimum absolute atomic E-state index is 0.0747. The van der Waals surface area contributed by atoms with Crippen molar-refractivity contribution < 1.29 is 32.4 Å². The summed E-state index contributed by atoms with van der Waals surface area (Å²) in [5, 5.41) is 0. The lowest BCUT2D eigenvalue weighted by Gasteiger charge is -2.15. The van der Waals surface area contributed by atoms with Gasteiger partial charge in [-0.25, -0.2) is 4.79 Å². The third-order valence-electron chi connectivity index (χ3n) is 2.34. The normalized spacial score (nSPS) is 11.3. The summed E-state index contributed by atoms with van der Waals surface area (Å²) in [5.74, 6) is -0.781. The number of methoxy groups -OCH3 is 1. The molecule has 0 aromatic carbocycles. The molecule has 1 rings (SSSR count). The molecule has 112 valence electrons. The van der Waals surface area contributed by atoms with Crippen molar-refractivity contribution in [2.24, 2.45) is 0 Å². The van der Waals surface area contributed by atoms with Gasteiger partial charge in [-0.05, 0) is 13.8 Å². The van der Waals surface area contributed by atoms with Gasteiger partial charge in [0.15, 0.2) is 6.29 Å². The zero-order chi connectivity index (χ0) is 15.2. The number of furan rings is 1. The Labute approximate surface area is 116 Å². The Hall–Kier alpha value is -1.43. The van der Waals surface area contributed by atoms with E-state index in [4.69, 9.17) is 13.5 Å². The molecule has 0 aliphatic rings. The van der Waals surface area contributed by atoms with E-state index in [0.29, 0.717) is 6.29 Å². The summed E-state index contributed by atoms with van der Waals surface area (Å²) in [6.07, 6.45) is 0.285. The third kappa shape index (κ3) is 4.03. The fourth-order valence-corrected chi connectivity index (χ4v) is 3.21. The molecule has 0 aliphatic heterocycles. The maximum atomic E-state index is 12.4. The van der Waals surface area contributed by atoms with E-state index >= 15 is 0 Å². The number of hydrogen-bond donors (Lipinski definition) is 0. The predicted octanol–water partition coefficient (Wildman–Crippen LogP) is 2.64. The van der Waals surface area contributed by atoms with E-state index in [1.165, 1.54) is 13.2 Å². The number of carbonyl (C=O) groups excluding carboxylic acids is 2. The average molecular weight is 304 g/mol. The second kappa shape index (κ2) is 7.38. The highest BCUT2D eigenvalue weighted by Crippen LogP contribution is 2.51. The Morgan fingerprint density at radius 1 is 1.35 bits per heavy atom. The number of ether oxygens (including phenoxy) is 1. The smallest absolute Gasteiger partial charge is 0.373 e. The first-order chi connectivity index (χ1) is 9.49. The Balaban J connectivity index is 3.05. The Morgan fingerprint density at radius 3 is 2.40 bits per heavy atom. The molecule has 0 fully saturated rings. The molecule has 1 aromatic rings. The molecule has 0 atom stereocenters. The highest BCUT2D eigenvalue weighted by molar-refractivity contribution is 7.53. The zero-order valence-corrected chi connectivity index (χ0v) is 12.5. The van der Waals surface area contributed by atoms with Gasteiger partial charge in [-0.1, -0.05) is 0 Å². The molecule has 0 unspecified atom stereocenters. The Morgan fingerprint density at radius 2 is 1.95 bits per heavy atom. The molecular weight excluding hydrogens is 287 g/mol. The third-order valence-corrected chi connectivity index (χ3v) is 4.32. The predicted molar refractivity (Wildman–Crippen MR) is 70.0 cm³/mol. The van der Waals surface area contributed by atoms with Crippen molar-refractivity contribution in [1.82, 2.24) is 0 Å². The van der Waals surface area contributed by atoms with Crippen LogP contribution in [0.2, 0.25) is 0 Å². The van der Waals surface area contributed by atoms with E-state index in [0.717, 1.165) is 0 Å². The van der Waals surface area contributed by atoms with Gasteiger partial charge in [0.2, 0.25) is 5.76 Å². The quantitative estimate of drug-likeness (QED) is 0.414. The number of hydrogen-bond acceptors (Lipinski definition) is 7. The summed E-state index contributed by atoms with van der Waals surface area (Å²) in [4.78, 5) is 22.3. The van der Waals surface area contributed by atoms with Gasteiger partial charge in [0, 0.05) is 6.07 Å². The lowest BCUT2D eigenvalue weighted by Crippen LogP contribution is -2.00. The topological polar surface area (TPSA) is 92.0 Å². The maximum Gasteiger partial charge on any atom is 0.373 e. The summed E-state index contributed by atoms with van der Waals surface area (Å²) in [6.45, 7) is 3.74. The van der Waals surface area contributed by atoms with Crippen LogP contribution in [0.1, 0.15) is 40.5 Å². The van der Waals surface area contributed by atoms with E-state index < -0.39 is 13.6 Å². The SMILES string of the molecule is CCOP(=O)(Cc1oc(C(=O)OC)cc1C=O)OCC. The summed E-state index contributed by atoms with van der Waals surface area (Å²) < 4.78 is 32.3. The molecule has 0 aliphatic carbocycles. The monoisotopic (exact) mass is 304 g/mol. The number of esters is 1. The van der Waals surface area contributed by atoms with Crippen molar-refractivity contribution in [3.63, 3.8) is 0 Å². The highest BCUT2D eigenvalue weighted by Gasteiger charge is 2.29. The Bertz CT molecular complexity index is 510. The van der Waals surface area contributed by atoms with Gasteiger partial charge < -0.3 is 18.2 Å². The standard InChI is InChI=1S/C12H17O7P/c1-4-17-20(15,18-5-2)8-11-9(7-13)6-10(19-11)12(14)16-3/h6-7H,4-5,8H2,1-3H3. The first-order valence-electron chi connectivity index (χ1n) is 6.04. The zero-order valence-electron chi connectivity index (χ0n) is 11.6. The van der Waals surface area contributed by atoms with E-state index in [2.05, 4.69) is 4.74 Å². The van der Waals surface area contributed by atoms with Crippen LogP contribution in [0, 0.1) is 0 Å². The molecule has 0 N–H and O–H groups in total. The molecule has 8 heteroatoms. The maximum absolute atomic E-state index is 12.4. The van der Waals surface area contributed by atoms with Crippen LogP contribution in [-0.4, -0.2) is 32.6 Å². The molecule has 0 bridgehead atoms.